The van der Waals surface area contributed by atoms with Crippen molar-refractivity contribution in [2.24, 2.45) is 0 Å². The van der Waals surface area contributed by atoms with Gasteiger partial charge in [0.15, 0.2) is 5.11 Å². The second kappa shape index (κ2) is 9.60. The lowest BCUT2D eigenvalue weighted by Crippen LogP contribution is -2.32. The van der Waals surface area contributed by atoms with Crippen LogP contribution in [0.4, 0.5) is 5.69 Å². The molecule has 0 spiro atoms. The van der Waals surface area contributed by atoms with Gasteiger partial charge in [0.05, 0.1) is 10.6 Å². The molecule has 7 heteroatoms. The number of anilines is 1. The number of thiocarbonyl (C=S) groups is 1. The minimum Gasteiger partial charge on any atom is -0.422 e. The molecule has 0 aliphatic carbocycles. The predicted molar refractivity (Wildman–Crippen MR) is 133 cm³/mol. The number of para-hydroxylation sites is 1. The molecule has 0 saturated carbocycles. The van der Waals surface area contributed by atoms with Gasteiger partial charge in [-0.25, -0.2) is 4.79 Å². The third-order valence-electron chi connectivity index (χ3n) is 4.62. The van der Waals surface area contributed by atoms with Crippen LogP contribution >= 0.6 is 23.8 Å². The first-order valence-electron chi connectivity index (χ1n) is 9.67. The molecule has 0 radical (unpaired) electrons. The summed E-state index contributed by atoms with van der Waals surface area (Å²) in [5.74, 6) is -0.358. The number of benzene rings is 3. The summed E-state index contributed by atoms with van der Waals surface area (Å²) in [5, 5.41) is 6.76. The molecule has 32 heavy (non-hydrogen) atoms. The molecule has 4 rings (SSSR count). The zero-order valence-electron chi connectivity index (χ0n) is 16.7. The summed E-state index contributed by atoms with van der Waals surface area (Å²) < 4.78 is 5.39. The van der Waals surface area contributed by atoms with E-state index in [2.05, 4.69) is 10.6 Å². The second-order valence-corrected chi connectivity index (χ2v) is 7.68. The van der Waals surface area contributed by atoms with Crippen molar-refractivity contribution < 1.29 is 9.21 Å². The van der Waals surface area contributed by atoms with E-state index in [0.29, 0.717) is 27.4 Å². The molecule has 0 unspecified atom stereocenters. The van der Waals surface area contributed by atoms with Gasteiger partial charge in [0.25, 0.3) is 0 Å². The first-order valence-corrected chi connectivity index (χ1v) is 10.5. The summed E-state index contributed by atoms with van der Waals surface area (Å²) in [6.45, 7) is 0. The van der Waals surface area contributed by atoms with Gasteiger partial charge < -0.3 is 9.73 Å². The molecule has 3 aromatic carbocycles. The molecule has 5 nitrogen and oxygen atoms in total. The maximum atomic E-state index is 12.4. The van der Waals surface area contributed by atoms with Gasteiger partial charge in [-0.15, -0.1) is 0 Å². The average Bonchev–Trinajstić information content (AvgIpc) is 2.78. The Bertz CT molecular complexity index is 1400. The molecule has 1 amide bonds. The van der Waals surface area contributed by atoms with E-state index in [9.17, 15) is 9.59 Å². The minimum atomic E-state index is -0.473. The van der Waals surface area contributed by atoms with Gasteiger partial charge >= 0.3 is 5.63 Å². The number of amides is 1. The van der Waals surface area contributed by atoms with Crippen molar-refractivity contribution in [3.63, 3.8) is 0 Å². The highest BCUT2D eigenvalue weighted by Crippen LogP contribution is 2.30. The van der Waals surface area contributed by atoms with Gasteiger partial charge in [-0.05, 0) is 48.1 Å². The topological polar surface area (TPSA) is 71.3 Å². The van der Waals surface area contributed by atoms with Crippen LogP contribution < -0.4 is 16.3 Å². The van der Waals surface area contributed by atoms with E-state index in [4.69, 9.17) is 28.2 Å². The first-order chi connectivity index (χ1) is 15.5. The number of halogens is 1. The third-order valence-corrected chi connectivity index (χ3v) is 5.14. The Morgan fingerprint density at radius 1 is 0.938 bits per heavy atom. The summed E-state index contributed by atoms with van der Waals surface area (Å²) in [6.07, 6.45) is 3.09. The molecule has 1 heterocycles. The molecule has 0 atom stereocenters. The molecule has 158 valence electrons. The fourth-order valence-electron chi connectivity index (χ4n) is 3.11. The third kappa shape index (κ3) is 5.11. The standard InChI is InChI=1S/C25H17ClN2O3S/c26-21-15-18(27-25(32)28-23(29)13-10-16-6-2-1-3-7-16)11-12-19(21)20-14-17-8-4-5-9-22(17)31-24(20)30/h1-15H,(H2,27,28,29,32). The lowest BCUT2D eigenvalue weighted by Gasteiger charge is -2.11. The van der Waals surface area contributed by atoms with E-state index in [1.54, 1.807) is 42.5 Å². The van der Waals surface area contributed by atoms with E-state index >= 15 is 0 Å². The monoisotopic (exact) mass is 460 g/mol. The number of carbonyl (C=O) groups is 1. The van der Waals surface area contributed by atoms with Crippen LogP contribution in [0.3, 0.4) is 0 Å². The summed E-state index contributed by atoms with van der Waals surface area (Å²) in [6, 6.07) is 23.5. The number of hydrogen-bond acceptors (Lipinski definition) is 4. The van der Waals surface area contributed by atoms with Crippen LogP contribution in [0.5, 0.6) is 0 Å². The molecule has 0 aliphatic rings. The van der Waals surface area contributed by atoms with Gasteiger partial charge in [-0.3, -0.25) is 10.1 Å². The second-order valence-electron chi connectivity index (χ2n) is 6.87. The van der Waals surface area contributed by atoms with Crippen molar-refractivity contribution in [2.75, 3.05) is 5.32 Å². The van der Waals surface area contributed by atoms with Gasteiger partial charge in [-0.2, -0.15) is 0 Å². The van der Waals surface area contributed by atoms with Crippen LogP contribution in [-0.2, 0) is 4.79 Å². The Morgan fingerprint density at radius 3 is 2.47 bits per heavy atom. The van der Waals surface area contributed by atoms with Crippen LogP contribution in [0.25, 0.3) is 28.2 Å². The maximum Gasteiger partial charge on any atom is 0.344 e. The zero-order valence-corrected chi connectivity index (χ0v) is 18.2. The molecule has 0 bridgehead atoms. The molecule has 0 fully saturated rings. The zero-order chi connectivity index (χ0) is 22.5. The van der Waals surface area contributed by atoms with Crippen molar-refractivity contribution in [1.82, 2.24) is 5.32 Å². The Morgan fingerprint density at radius 2 is 1.69 bits per heavy atom. The van der Waals surface area contributed by atoms with Crippen LogP contribution in [-0.4, -0.2) is 11.0 Å². The average molecular weight is 461 g/mol. The SMILES string of the molecule is O=C(C=Cc1ccccc1)NC(=S)Nc1ccc(-c2cc3ccccc3oc2=O)c(Cl)c1. The smallest absolute Gasteiger partial charge is 0.344 e. The lowest BCUT2D eigenvalue weighted by molar-refractivity contribution is -0.115. The highest BCUT2D eigenvalue weighted by molar-refractivity contribution is 7.80. The van der Waals surface area contributed by atoms with Crippen molar-refractivity contribution >= 4 is 57.6 Å². The summed E-state index contributed by atoms with van der Waals surface area (Å²) in [5.41, 5.74) is 2.42. The fraction of sp³-hybridized carbons (Fsp3) is 0. The highest BCUT2D eigenvalue weighted by Gasteiger charge is 2.12. The molecular formula is C25H17ClN2O3S. The predicted octanol–water partition coefficient (Wildman–Crippen LogP) is 5.64. The summed E-state index contributed by atoms with van der Waals surface area (Å²) >= 11 is 11.6. The van der Waals surface area contributed by atoms with Gasteiger partial charge in [0, 0.05) is 22.7 Å². The number of fused-ring (bicyclic) bond motifs is 1. The van der Waals surface area contributed by atoms with E-state index in [0.717, 1.165) is 10.9 Å². The van der Waals surface area contributed by atoms with Gasteiger partial charge in [0.2, 0.25) is 5.91 Å². The first kappa shape index (κ1) is 21.5. The van der Waals surface area contributed by atoms with Crippen LogP contribution in [0.1, 0.15) is 5.56 Å². The van der Waals surface area contributed by atoms with Crippen LogP contribution in [0.2, 0.25) is 5.02 Å². The van der Waals surface area contributed by atoms with E-state index < -0.39 is 5.63 Å². The quantitative estimate of drug-likeness (QED) is 0.234. The van der Waals surface area contributed by atoms with Crippen molar-refractivity contribution in [2.45, 2.75) is 0 Å². The molecule has 1 aromatic heterocycles. The number of hydrogen-bond donors (Lipinski definition) is 2. The fourth-order valence-corrected chi connectivity index (χ4v) is 3.61. The van der Waals surface area contributed by atoms with Crippen molar-refractivity contribution in [1.29, 1.82) is 0 Å². The number of nitrogens with one attached hydrogen (secondary N) is 2. The molecular weight excluding hydrogens is 444 g/mol. The molecule has 4 aromatic rings. The number of rotatable bonds is 4. The van der Waals surface area contributed by atoms with Crippen molar-refractivity contribution in [3.8, 4) is 11.1 Å². The molecule has 2 N–H and O–H groups in total. The Balaban J connectivity index is 1.46. The van der Waals surface area contributed by atoms with Crippen molar-refractivity contribution in [3.05, 3.63) is 106 Å². The van der Waals surface area contributed by atoms with E-state index in [-0.39, 0.29) is 11.0 Å². The van der Waals surface area contributed by atoms with Gasteiger partial charge in [0.1, 0.15) is 5.58 Å². The lowest BCUT2D eigenvalue weighted by atomic mass is 10.1. The maximum absolute atomic E-state index is 12.4. The van der Waals surface area contributed by atoms with Gasteiger partial charge in [-0.1, -0.05) is 66.2 Å². The molecule has 0 aliphatic heterocycles. The van der Waals surface area contributed by atoms with Crippen LogP contribution in [0, 0.1) is 0 Å². The van der Waals surface area contributed by atoms with E-state index in [1.807, 2.05) is 42.5 Å². The normalized spacial score (nSPS) is 10.9. The Hall–Kier alpha value is -3.74. The number of carbonyl (C=O) groups excluding carboxylic acids is 1. The van der Waals surface area contributed by atoms with E-state index in [1.165, 1.54) is 6.08 Å². The Labute approximate surface area is 194 Å². The minimum absolute atomic E-state index is 0.127. The highest BCUT2D eigenvalue weighted by atomic mass is 35.5. The molecule has 0 saturated heterocycles. The Kier molecular flexibility index (Phi) is 6.44. The summed E-state index contributed by atoms with van der Waals surface area (Å²) in [7, 11) is 0. The largest absolute Gasteiger partial charge is 0.422 e. The summed E-state index contributed by atoms with van der Waals surface area (Å²) in [4.78, 5) is 24.5. The van der Waals surface area contributed by atoms with Crippen LogP contribution in [0.15, 0.2) is 94.2 Å².